The van der Waals surface area contributed by atoms with Crippen molar-refractivity contribution in [2.75, 3.05) is 11.9 Å². The van der Waals surface area contributed by atoms with Crippen LogP contribution in [0.3, 0.4) is 0 Å². The zero-order valence-electron chi connectivity index (χ0n) is 13.8. The van der Waals surface area contributed by atoms with Gasteiger partial charge in [0.2, 0.25) is 0 Å². The molecule has 2 rings (SSSR count). The maximum atomic E-state index is 12.5. The number of carbonyl (C=O) groups excluding carboxylic acids is 1. The number of hydrogen-bond acceptors (Lipinski definition) is 3. The minimum atomic E-state index is -0.549. The average Bonchev–Trinajstić information content (AvgIpc) is 2.56. The van der Waals surface area contributed by atoms with Crippen LogP contribution in [0.1, 0.15) is 25.8 Å². The molecule has 0 aromatic heterocycles. The molecule has 0 fully saturated rings. The summed E-state index contributed by atoms with van der Waals surface area (Å²) < 4.78 is 11.3. The monoisotopic (exact) mass is 313 g/mol. The Hall–Kier alpha value is -2.49. The number of benzene rings is 2. The lowest BCUT2D eigenvalue weighted by molar-refractivity contribution is -0.122. The highest BCUT2D eigenvalue weighted by Crippen LogP contribution is 2.24. The molecule has 1 N–H and O–H groups in total. The standard InChI is InChI=1S/C19H23NO3/c1-4-17(23-15-12-10-14(3)11-13-15)19(21)20-16-8-6-7-9-18(16)22-5-2/h6-13,17H,4-5H2,1-3H3,(H,20,21)/t17-/m0/s1. The third-order valence-corrected chi connectivity index (χ3v) is 3.41. The van der Waals surface area contributed by atoms with Gasteiger partial charge in [-0.15, -0.1) is 0 Å². The Bertz CT molecular complexity index is 637. The van der Waals surface area contributed by atoms with Crippen molar-refractivity contribution in [3.8, 4) is 11.5 Å². The van der Waals surface area contributed by atoms with Crippen molar-refractivity contribution in [2.24, 2.45) is 0 Å². The normalized spacial score (nSPS) is 11.6. The SMILES string of the molecule is CCOc1ccccc1NC(=O)[C@H](CC)Oc1ccc(C)cc1. The molecule has 2 aromatic rings. The lowest BCUT2D eigenvalue weighted by Crippen LogP contribution is -2.32. The van der Waals surface area contributed by atoms with Crippen LogP contribution < -0.4 is 14.8 Å². The van der Waals surface area contributed by atoms with Crippen molar-refractivity contribution in [2.45, 2.75) is 33.3 Å². The van der Waals surface area contributed by atoms with Crippen molar-refractivity contribution < 1.29 is 14.3 Å². The van der Waals surface area contributed by atoms with E-state index in [0.717, 1.165) is 5.56 Å². The van der Waals surface area contributed by atoms with Crippen molar-refractivity contribution >= 4 is 11.6 Å². The molecule has 0 radical (unpaired) electrons. The third kappa shape index (κ3) is 4.74. The topological polar surface area (TPSA) is 47.6 Å². The first-order chi connectivity index (χ1) is 11.1. The summed E-state index contributed by atoms with van der Waals surface area (Å²) in [6, 6.07) is 15.1. The molecule has 122 valence electrons. The molecule has 0 spiro atoms. The number of amides is 1. The number of nitrogens with one attached hydrogen (secondary N) is 1. The molecule has 0 bridgehead atoms. The van der Waals surface area contributed by atoms with Gasteiger partial charge in [-0.25, -0.2) is 0 Å². The van der Waals surface area contributed by atoms with E-state index in [1.165, 1.54) is 0 Å². The number of anilines is 1. The van der Waals surface area contributed by atoms with Crippen LogP contribution in [0.15, 0.2) is 48.5 Å². The summed E-state index contributed by atoms with van der Waals surface area (Å²) in [6.45, 7) is 6.39. The Morgan fingerprint density at radius 3 is 2.43 bits per heavy atom. The molecule has 0 heterocycles. The van der Waals surface area contributed by atoms with Gasteiger partial charge in [0.25, 0.3) is 5.91 Å². The van der Waals surface area contributed by atoms with Crippen LogP contribution in [0.25, 0.3) is 0 Å². The number of hydrogen-bond donors (Lipinski definition) is 1. The van der Waals surface area contributed by atoms with Crippen LogP contribution in [0.5, 0.6) is 11.5 Å². The van der Waals surface area contributed by atoms with Crippen LogP contribution in [0.2, 0.25) is 0 Å². The highest BCUT2D eigenvalue weighted by atomic mass is 16.5. The smallest absolute Gasteiger partial charge is 0.265 e. The van der Waals surface area contributed by atoms with E-state index in [-0.39, 0.29) is 5.91 Å². The number of carbonyl (C=O) groups is 1. The fourth-order valence-corrected chi connectivity index (χ4v) is 2.17. The fraction of sp³-hybridized carbons (Fsp3) is 0.316. The zero-order valence-corrected chi connectivity index (χ0v) is 13.8. The second-order valence-electron chi connectivity index (χ2n) is 5.25. The van der Waals surface area contributed by atoms with E-state index < -0.39 is 6.10 Å². The van der Waals surface area contributed by atoms with Crippen LogP contribution in [-0.4, -0.2) is 18.6 Å². The Morgan fingerprint density at radius 1 is 1.09 bits per heavy atom. The maximum absolute atomic E-state index is 12.5. The maximum Gasteiger partial charge on any atom is 0.265 e. The van der Waals surface area contributed by atoms with Crippen molar-refractivity contribution in [3.63, 3.8) is 0 Å². The summed E-state index contributed by atoms with van der Waals surface area (Å²) in [7, 11) is 0. The molecular weight excluding hydrogens is 290 g/mol. The van der Waals surface area contributed by atoms with Crippen LogP contribution in [-0.2, 0) is 4.79 Å². The largest absolute Gasteiger partial charge is 0.492 e. The molecule has 23 heavy (non-hydrogen) atoms. The van der Waals surface area contributed by atoms with Crippen LogP contribution >= 0.6 is 0 Å². The van der Waals surface area contributed by atoms with Gasteiger partial charge in [0.15, 0.2) is 6.10 Å². The van der Waals surface area contributed by atoms with E-state index in [4.69, 9.17) is 9.47 Å². The second kappa shape index (κ2) is 8.22. The van der Waals surface area contributed by atoms with E-state index in [2.05, 4.69) is 5.32 Å². The minimum Gasteiger partial charge on any atom is -0.492 e. The first-order valence-electron chi connectivity index (χ1n) is 7.90. The highest BCUT2D eigenvalue weighted by molar-refractivity contribution is 5.95. The number of para-hydroxylation sites is 2. The molecule has 0 aliphatic carbocycles. The van der Waals surface area contributed by atoms with E-state index in [1.807, 2.05) is 69.3 Å². The first-order valence-corrected chi connectivity index (χ1v) is 7.90. The molecule has 2 aromatic carbocycles. The molecule has 0 unspecified atom stereocenters. The van der Waals surface area contributed by atoms with Gasteiger partial charge in [-0.3, -0.25) is 4.79 Å². The van der Waals surface area contributed by atoms with Gasteiger partial charge < -0.3 is 14.8 Å². The van der Waals surface area contributed by atoms with Gasteiger partial charge in [-0.2, -0.15) is 0 Å². The van der Waals surface area contributed by atoms with Gasteiger partial charge in [0, 0.05) is 0 Å². The van der Waals surface area contributed by atoms with Gasteiger partial charge in [-0.05, 0) is 44.5 Å². The van der Waals surface area contributed by atoms with E-state index in [1.54, 1.807) is 0 Å². The van der Waals surface area contributed by atoms with Crippen molar-refractivity contribution in [3.05, 3.63) is 54.1 Å². The van der Waals surface area contributed by atoms with Crippen molar-refractivity contribution in [1.82, 2.24) is 0 Å². The fourth-order valence-electron chi connectivity index (χ4n) is 2.17. The molecule has 4 heteroatoms. The van der Waals surface area contributed by atoms with Crippen LogP contribution in [0, 0.1) is 6.92 Å². The number of rotatable bonds is 7. The quantitative estimate of drug-likeness (QED) is 0.833. The van der Waals surface area contributed by atoms with Gasteiger partial charge in [0.1, 0.15) is 11.5 Å². The molecule has 4 nitrogen and oxygen atoms in total. The van der Waals surface area contributed by atoms with Gasteiger partial charge in [-0.1, -0.05) is 36.8 Å². The zero-order chi connectivity index (χ0) is 16.7. The van der Waals surface area contributed by atoms with E-state index >= 15 is 0 Å². The molecular formula is C19H23NO3. The molecule has 1 amide bonds. The predicted octanol–water partition coefficient (Wildman–Crippen LogP) is 4.19. The summed E-state index contributed by atoms with van der Waals surface area (Å²) in [4.78, 5) is 12.5. The molecule has 0 saturated carbocycles. The Morgan fingerprint density at radius 2 is 1.78 bits per heavy atom. The molecule has 0 saturated heterocycles. The highest BCUT2D eigenvalue weighted by Gasteiger charge is 2.19. The van der Waals surface area contributed by atoms with E-state index in [9.17, 15) is 4.79 Å². The predicted molar refractivity (Wildman–Crippen MR) is 92.1 cm³/mol. The second-order valence-corrected chi connectivity index (χ2v) is 5.25. The lowest BCUT2D eigenvalue weighted by atomic mass is 10.2. The molecule has 0 aliphatic rings. The average molecular weight is 313 g/mol. The summed E-state index contributed by atoms with van der Waals surface area (Å²) in [5.41, 5.74) is 1.81. The number of aryl methyl sites for hydroxylation is 1. The Balaban J connectivity index is 2.06. The van der Waals surface area contributed by atoms with Crippen molar-refractivity contribution in [1.29, 1.82) is 0 Å². The third-order valence-electron chi connectivity index (χ3n) is 3.41. The summed E-state index contributed by atoms with van der Waals surface area (Å²) in [5, 5.41) is 2.89. The molecule has 0 aliphatic heterocycles. The van der Waals surface area contributed by atoms with Gasteiger partial charge >= 0.3 is 0 Å². The first kappa shape index (κ1) is 16.9. The summed E-state index contributed by atoms with van der Waals surface area (Å²) >= 11 is 0. The lowest BCUT2D eigenvalue weighted by Gasteiger charge is -2.18. The summed E-state index contributed by atoms with van der Waals surface area (Å²) in [5.74, 6) is 1.17. The summed E-state index contributed by atoms with van der Waals surface area (Å²) in [6.07, 6.45) is 0.0312. The Kier molecular flexibility index (Phi) is 6.03. The van der Waals surface area contributed by atoms with Crippen LogP contribution in [0.4, 0.5) is 5.69 Å². The van der Waals surface area contributed by atoms with Gasteiger partial charge in [0.05, 0.1) is 12.3 Å². The molecule has 1 atom stereocenters. The number of ether oxygens (including phenoxy) is 2. The minimum absolute atomic E-state index is 0.180. The van der Waals surface area contributed by atoms with E-state index in [0.29, 0.717) is 30.2 Å². The Labute approximate surface area is 137 Å².